The number of hydrogen-bond donors (Lipinski definition) is 0. The van der Waals surface area contributed by atoms with Crippen LogP contribution in [0.5, 0.6) is 17.2 Å². The summed E-state index contributed by atoms with van der Waals surface area (Å²) in [6.07, 6.45) is 1.74. The average Bonchev–Trinajstić information content (AvgIpc) is 3.17. The first-order valence-corrected chi connectivity index (χ1v) is 12.3. The molecule has 1 aromatic heterocycles. The molecule has 2 aromatic carbocycles. The highest BCUT2D eigenvalue weighted by Gasteiger charge is 2.35. The van der Waals surface area contributed by atoms with Gasteiger partial charge in [-0.15, -0.1) is 0 Å². The van der Waals surface area contributed by atoms with Gasteiger partial charge >= 0.3 is 5.97 Å². The molecule has 0 radical (unpaired) electrons. The van der Waals surface area contributed by atoms with Crippen LogP contribution in [-0.2, 0) is 9.53 Å². The molecule has 0 saturated heterocycles. The molecule has 188 valence electrons. The third-order valence-corrected chi connectivity index (χ3v) is 7.00. The minimum atomic E-state index is -0.803. The molecule has 2 heterocycles. The lowest BCUT2D eigenvalue weighted by atomic mass is 9.95. The minimum absolute atomic E-state index is 0.185. The van der Waals surface area contributed by atoms with E-state index in [-0.39, 0.29) is 17.7 Å². The van der Waals surface area contributed by atoms with Crippen molar-refractivity contribution in [2.45, 2.75) is 19.9 Å². The van der Waals surface area contributed by atoms with Crippen molar-refractivity contribution in [3.63, 3.8) is 0 Å². The molecule has 3 aromatic rings. The van der Waals surface area contributed by atoms with E-state index in [1.165, 1.54) is 30.1 Å². The molecule has 0 N–H and O–H groups in total. The van der Waals surface area contributed by atoms with Crippen LogP contribution in [0, 0.1) is 0 Å². The Hall–Kier alpha value is -3.56. The Balaban J connectivity index is 1.97. The lowest BCUT2D eigenvalue weighted by Crippen LogP contribution is -2.40. The minimum Gasteiger partial charge on any atom is -0.497 e. The Labute approximate surface area is 216 Å². The molecule has 1 atom stereocenters. The molecule has 8 nitrogen and oxygen atoms in total. The molecule has 0 amide bonds. The number of rotatable bonds is 7. The fraction of sp³-hybridized carbons (Fsp3) is 0.269. The number of benzene rings is 2. The van der Waals surface area contributed by atoms with Gasteiger partial charge in [0.1, 0.15) is 23.3 Å². The number of methoxy groups -OCH3 is 3. The molecule has 0 saturated carbocycles. The second kappa shape index (κ2) is 10.6. The highest BCUT2D eigenvalue weighted by atomic mass is 35.5. The van der Waals surface area contributed by atoms with E-state index in [1.807, 2.05) is 6.07 Å². The van der Waals surface area contributed by atoms with Gasteiger partial charge in [0.05, 0.1) is 48.8 Å². The van der Waals surface area contributed by atoms with Crippen LogP contribution in [0.4, 0.5) is 0 Å². The molecule has 0 bridgehead atoms. The summed E-state index contributed by atoms with van der Waals surface area (Å²) in [5, 5.41) is 0.431. The van der Waals surface area contributed by atoms with Gasteiger partial charge in [0.15, 0.2) is 4.80 Å². The number of carbonyl (C=O) groups excluding carboxylic acids is 1. The van der Waals surface area contributed by atoms with Gasteiger partial charge in [0.25, 0.3) is 5.56 Å². The normalized spacial score (nSPS) is 15.3. The SMILES string of the molecule is CCOC(=O)C1=C(C)N=c2s/c(=C/c3ccc(OC)c(Cl)c3)c(=O)n2[C@H]1c1ccc(OC)cc1OC. The molecule has 10 heteroatoms. The largest absolute Gasteiger partial charge is 0.497 e. The van der Waals surface area contributed by atoms with Crippen LogP contribution in [0.2, 0.25) is 5.02 Å². The quantitative estimate of drug-likeness (QED) is 0.436. The Bertz CT molecular complexity index is 1540. The predicted octanol–water partition coefficient (Wildman–Crippen LogP) is 3.48. The number of hydrogen-bond acceptors (Lipinski definition) is 8. The lowest BCUT2D eigenvalue weighted by Gasteiger charge is -2.26. The maximum Gasteiger partial charge on any atom is 0.338 e. The number of ether oxygens (including phenoxy) is 4. The fourth-order valence-electron chi connectivity index (χ4n) is 4.05. The number of fused-ring (bicyclic) bond motifs is 1. The number of thiazole rings is 1. The van der Waals surface area contributed by atoms with E-state index in [9.17, 15) is 9.59 Å². The van der Waals surface area contributed by atoms with Crippen LogP contribution in [0.1, 0.15) is 31.0 Å². The maximum atomic E-state index is 13.7. The van der Waals surface area contributed by atoms with Crippen molar-refractivity contribution in [3.05, 3.63) is 83.5 Å². The number of allylic oxidation sites excluding steroid dienone is 1. The Morgan fingerprint density at radius 3 is 2.50 bits per heavy atom. The summed E-state index contributed by atoms with van der Waals surface area (Å²) < 4.78 is 23.5. The maximum absolute atomic E-state index is 13.7. The summed E-state index contributed by atoms with van der Waals surface area (Å²) in [4.78, 5) is 31.9. The molecular weight excluding hydrogens is 504 g/mol. The number of esters is 1. The first-order valence-electron chi connectivity index (χ1n) is 11.1. The van der Waals surface area contributed by atoms with Crippen molar-refractivity contribution in [2.75, 3.05) is 27.9 Å². The molecule has 36 heavy (non-hydrogen) atoms. The summed E-state index contributed by atoms with van der Waals surface area (Å²) in [6.45, 7) is 3.65. The van der Waals surface area contributed by atoms with E-state index in [4.69, 9.17) is 30.5 Å². The van der Waals surface area contributed by atoms with Crippen LogP contribution >= 0.6 is 22.9 Å². The Morgan fingerprint density at radius 1 is 1.11 bits per heavy atom. The summed E-state index contributed by atoms with van der Waals surface area (Å²) in [5.74, 6) is 1.04. The van der Waals surface area contributed by atoms with E-state index in [2.05, 4.69) is 4.99 Å². The fourth-order valence-corrected chi connectivity index (χ4v) is 5.37. The highest BCUT2D eigenvalue weighted by molar-refractivity contribution is 7.07. The third-order valence-electron chi connectivity index (χ3n) is 5.73. The van der Waals surface area contributed by atoms with E-state index < -0.39 is 12.0 Å². The second-order valence-corrected chi connectivity index (χ2v) is 9.22. The molecule has 0 spiro atoms. The topological polar surface area (TPSA) is 88.4 Å². The van der Waals surface area contributed by atoms with Crippen molar-refractivity contribution >= 4 is 35.0 Å². The van der Waals surface area contributed by atoms with Gasteiger partial charge in [-0.1, -0.05) is 29.0 Å². The molecule has 0 unspecified atom stereocenters. The second-order valence-electron chi connectivity index (χ2n) is 7.80. The smallest absolute Gasteiger partial charge is 0.338 e. The standard InChI is InChI=1S/C26H25ClN2O6S/c1-6-35-25(31)22-14(2)28-26-29(23(22)17-9-8-16(32-3)13-20(17)34-5)24(30)21(36-26)12-15-7-10-19(33-4)18(27)11-15/h7-13,23H,6H2,1-5H3/b21-12+/t23-/m0/s1. The molecule has 1 aliphatic rings. The van der Waals surface area contributed by atoms with Crippen LogP contribution in [0.25, 0.3) is 6.08 Å². The number of nitrogens with zero attached hydrogens (tertiary/aromatic N) is 2. The van der Waals surface area contributed by atoms with E-state index in [0.717, 1.165) is 5.56 Å². The molecule has 4 rings (SSSR count). The molecule has 0 aliphatic carbocycles. The van der Waals surface area contributed by atoms with Crippen LogP contribution in [0.3, 0.4) is 0 Å². The van der Waals surface area contributed by atoms with Gasteiger partial charge in [-0.3, -0.25) is 9.36 Å². The van der Waals surface area contributed by atoms with Crippen molar-refractivity contribution in [2.24, 2.45) is 4.99 Å². The van der Waals surface area contributed by atoms with Crippen LogP contribution in [-0.4, -0.2) is 38.5 Å². The molecule has 1 aliphatic heterocycles. The zero-order chi connectivity index (χ0) is 26.0. The van der Waals surface area contributed by atoms with Crippen LogP contribution < -0.4 is 29.1 Å². The van der Waals surface area contributed by atoms with Gasteiger partial charge in [0.2, 0.25) is 0 Å². The van der Waals surface area contributed by atoms with Crippen molar-refractivity contribution in [1.29, 1.82) is 0 Å². The first kappa shape index (κ1) is 25.5. The zero-order valence-corrected chi connectivity index (χ0v) is 22.0. The average molecular weight is 529 g/mol. The van der Waals surface area contributed by atoms with E-state index in [0.29, 0.717) is 42.9 Å². The lowest BCUT2D eigenvalue weighted by molar-refractivity contribution is -0.139. The van der Waals surface area contributed by atoms with E-state index >= 15 is 0 Å². The molecular formula is C26H25ClN2O6S. The van der Waals surface area contributed by atoms with Crippen molar-refractivity contribution in [1.82, 2.24) is 4.57 Å². The van der Waals surface area contributed by atoms with Crippen LogP contribution in [0.15, 0.2) is 57.5 Å². The predicted molar refractivity (Wildman–Crippen MR) is 138 cm³/mol. The van der Waals surface area contributed by atoms with Gasteiger partial charge in [-0.2, -0.15) is 0 Å². The first-order chi connectivity index (χ1) is 17.3. The number of carbonyl (C=O) groups is 1. The van der Waals surface area contributed by atoms with Gasteiger partial charge in [-0.05, 0) is 49.8 Å². The Kier molecular flexibility index (Phi) is 7.51. The third kappa shape index (κ3) is 4.64. The monoisotopic (exact) mass is 528 g/mol. The summed E-state index contributed by atoms with van der Waals surface area (Å²) in [6, 6.07) is 9.70. The van der Waals surface area contributed by atoms with Gasteiger partial charge in [-0.25, -0.2) is 9.79 Å². The van der Waals surface area contributed by atoms with Crippen molar-refractivity contribution in [3.8, 4) is 17.2 Å². The Morgan fingerprint density at radius 2 is 1.86 bits per heavy atom. The van der Waals surface area contributed by atoms with Gasteiger partial charge < -0.3 is 18.9 Å². The van der Waals surface area contributed by atoms with Crippen molar-refractivity contribution < 1.29 is 23.7 Å². The summed E-state index contributed by atoms with van der Waals surface area (Å²) in [7, 11) is 4.61. The highest BCUT2D eigenvalue weighted by Crippen LogP contribution is 2.37. The molecule has 0 fully saturated rings. The number of halogens is 1. The zero-order valence-electron chi connectivity index (χ0n) is 20.5. The summed E-state index contributed by atoms with van der Waals surface area (Å²) in [5.41, 5.74) is 1.77. The number of aromatic nitrogens is 1. The summed E-state index contributed by atoms with van der Waals surface area (Å²) >= 11 is 7.50. The van der Waals surface area contributed by atoms with E-state index in [1.54, 1.807) is 57.4 Å². The van der Waals surface area contributed by atoms with Gasteiger partial charge in [0, 0.05) is 11.6 Å².